The molecule has 0 radical (unpaired) electrons. The van der Waals surface area contributed by atoms with E-state index < -0.39 is 6.04 Å². The van der Waals surface area contributed by atoms with E-state index in [1.165, 1.54) is 0 Å². The third kappa shape index (κ3) is 5.37. The molecule has 7 nitrogen and oxygen atoms in total. The zero-order valence-electron chi connectivity index (χ0n) is 23.0. The number of carbonyl (C=O) groups excluding carboxylic acids is 1. The minimum atomic E-state index is -0.564. The van der Waals surface area contributed by atoms with Gasteiger partial charge in [0.15, 0.2) is 16.9 Å². The number of hydrogen-bond acceptors (Lipinski definition) is 6. The summed E-state index contributed by atoms with van der Waals surface area (Å²) in [4.78, 5) is 31.4. The summed E-state index contributed by atoms with van der Waals surface area (Å²) in [5, 5.41) is 0.496. The summed E-state index contributed by atoms with van der Waals surface area (Å²) in [5.41, 5.74) is 3.48. The van der Waals surface area contributed by atoms with Gasteiger partial charge in [-0.05, 0) is 94.2 Å². The highest BCUT2D eigenvalue weighted by atomic mass is 16.5. The predicted molar refractivity (Wildman–Crippen MR) is 146 cm³/mol. The fraction of sp³-hybridized carbons (Fsp3) is 0.467. The maximum absolute atomic E-state index is 13.9. The molecule has 1 amide bonds. The third-order valence-electron chi connectivity index (χ3n) is 7.04. The van der Waals surface area contributed by atoms with E-state index in [4.69, 9.17) is 13.9 Å². The van der Waals surface area contributed by atoms with Gasteiger partial charge in [0.25, 0.3) is 5.91 Å². The Balaban J connectivity index is 1.82. The smallest absolute Gasteiger partial charge is 0.290 e. The Morgan fingerprint density at radius 3 is 2.46 bits per heavy atom. The lowest BCUT2D eigenvalue weighted by Crippen LogP contribution is -2.32. The lowest BCUT2D eigenvalue weighted by atomic mass is 9.97. The molecule has 2 heterocycles. The molecular formula is C30H38N2O5. The average Bonchev–Trinajstić information content (AvgIpc) is 3.12. The van der Waals surface area contributed by atoms with Gasteiger partial charge in [-0.25, -0.2) is 0 Å². The third-order valence-corrected chi connectivity index (χ3v) is 7.04. The van der Waals surface area contributed by atoms with Gasteiger partial charge in [-0.15, -0.1) is 0 Å². The van der Waals surface area contributed by atoms with Crippen LogP contribution < -0.4 is 14.9 Å². The highest BCUT2D eigenvalue weighted by Gasteiger charge is 2.42. The summed E-state index contributed by atoms with van der Waals surface area (Å²) in [6.45, 7) is 10.2. The molecule has 1 aliphatic rings. The lowest BCUT2D eigenvalue weighted by Gasteiger charge is -2.26. The first-order valence-electron chi connectivity index (χ1n) is 13.0. The second-order valence-corrected chi connectivity index (χ2v) is 10.6. The molecule has 1 atom stereocenters. The molecule has 0 aliphatic carbocycles. The van der Waals surface area contributed by atoms with Gasteiger partial charge in [-0.2, -0.15) is 0 Å². The molecule has 0 fully saturated rings. The fourth-order valence-corrected chi connectivity index (χ4v) is 4.79. The summed E-state index contributed by atoms with van der Waals surface area (Å²) in [5.74, 6) is 1.63. The van der Waals surface area contributed by atoms with Crippen molar-refractivity contribution in [2.45, 2.75) is 46.6 Å². The molecule has 0 saturated carbocycles. The molecule has 0 spiro atoms. The molecule has 0 saturated heterocycles. The molecule has 198 valence electrons. The largest absolute Gasteiger partial charge is 0.493 e. The van der Waals surface area contributed by atoms with E-state index in [0.717, 1.165) is 36.1 Å². The number of amides is 1. The second-order valence-electron chi connectivity index (χ2n) is 10.6. The molecule has 0 bridgehead atoms. The summed E-state index contributed by atoms with van der Waals surface area (Å²) in [7, 11) is 5.61. The number of ether oxygens (including phenoxy) is 2. The van der Waals surface area contributed by atoms with Crippen LogP contribution in [0.2, 0.25) is 0 Å². The molecule has 1 aliphatic heterocycles. The average molecular weight is 507 g/mol. The standard InChI is InChI=1S/C30H38N2O5/c1-18(2)11-14-36-23-10-9-21(17-25(23)35-7)27-26-28(33)22-15-19(3)20(4)16-24(22)37-29(26)30(34)32(27)13-8-12-31(5)6/h9-10,15-18,27H,8,11-14H2,1-7H3. The number of carbonyl (C=O) groups is 1. The van der Waals surface area contributed by atoms with E-state index in [-0.39, 0.29) is 17.1 Å². The first-order valence-corrected chi connectivity index (χ1v) is 13.0. The molecule has 0 N–H and O–H groups in total. The maximum atomic E-state index is 13.9. The lowest BCUT2D eigenvalue weighted by molar-refractivity contribution is 0.0722. The number of rotatable bonds is 10. The zero-order valence-corrected chi connectivity index (χ0v) is 23.0. The van der Waals surface area contributed by atoms with Gasteiger partial charge in [0.1, 0.15) is 5.58 Å². The number of methoxy groups -OCH3 is 1. The van der Waals surface area contributed by atoms with Crippen LogP contribution in [0.1, 0.15) is 65.5 Å². The minimum absolute atomic E-state index is 0.131. The van der Waals surface area contributed by atoms with Crippen LogP contribution in [-0.2, 0) is 0 Å². The first-order chi connectivity index (χ1) is 17.6. The number of nitrogens with zero attached hydrogens (tertiary/aromatic N) is 2. The zero-order chi connectivity index (χ0) is 26.9. The van der Waals surface area contributed by atoms with Gasteiger partial charge in [0.2, 0.25) is 5.76 Å². The van der Waals surface area contributed by atoms with Gasteiger partial charge < -0.3 is 23.7 Å². The van der Waals surface area contributed by atoms with Crippen LogP contribution in [0.25, 0.3) is 11.0 Å². The Bertz CT molecular complexity index is 1360. The van der Waals surface area contributed by atoms with Crippen molar-refractivity contribution in [2.24, 2.45) is 5.92 Å². The van der Waals surface area contributed by atoms with Gasteiger partial charge in [0.05, 0.1) is 30.7 Å². The van der Waals surface area contributed by atoms with E-state index in [9.17, 15) is 9.59 Å². The van der Waals surface area contributed by atoms with Crippen LogP contribution in [0.5, 0.6) is 11.5 Å². The van der Waals surface area contributed by atoms with Crippen molar-refractivity contribution < 1.29 is 18.7 Å². The van der Waals surface area contributed by atoms with E-state index in [1.54, 1.807) is 12.0 Å². The maximum Gasteiger partial charge on any atom is 0.290 e. The Labute approximate surface area is 219 Å². The Kier molecular flexibility index (Phi) is 7.93. The monoisotopic (exact) mass is 506 g/mol. The fourth-order valence-electron chi connectivity index (χ4n) is 4.79. The van der Waals surface area contributed by atoms with E-state index in [0.29, 0.717) is 47.1 Å². The highest BCUT2D eigenvalue weighted by Crippen LogP contribution is 2.41. The topological polar surface area (TPSA) is 72.2 Å². The SMILES string of the molecule is COc1cc(C2c3c(oc4cc(C)c(C)cc4c3=O)C(=O)N2CCCN(C)C)ccc1OCCC(C)C. The molecule has 1 aromatic heterocycles. The Hall–Kier alpha value is -3.32. The van der Waals surface area contributed by atoms with Gasteiger partial charge >= 0.3 is 0 Å². The van der Waals surface area contributed by atoms with Crippen LogP contribution in [0.3, 0.4) is 0 Å². The van der Waals surface area contributed by atoms with Crippen LogP contribution in [0.4, 0.5) is 0 Å². The Morgan fingerprint density at radius 2 is 1.78 bits per heavy atom. The van der Waals surface area contributed by atoms with E-state index >= 15 is 0 Å². The van der Waals surface area contributed by atoms with Crippen molar-refractivity contribution in [1.29, 1.82) is 0 Å². The molecular weight excluding hydrogens is 468 g/mol. The van der Waals surface area contributed by atoms with E-state index in [1.807, 2.05) is 58.3 Å². The van der Waals surface area contributed by atoms with Crippen molar-refractivity contribution in [3.8, 4) is 11.5 Å². The molecule has 37 heavy (non-hydrogen) atoms. The van der Waals surface area contributed by atoms with Gasteiger partial charge in [0, 0.05) is 6.54 Å². The summed E-state index contributed by atoms with van der Waals surface area (Å²) in [6, 6.07) is 8.80. The summed E-state index contributed by atoms with van der Waals surface area (Å²) < 4.78 is 17.8. The first kappa shape index (κ1) is 26.7. The number of fused-ring (bicyclic) bond motifs is 2. The molecule has 4 rings (SSSR count). The van der Waals surface area contributed by atoms with E-state index in [2.05, 4.69) is 18.7 Å². The minimum Gasteiger partial charge on any atom is -0.493 e. The van der Waals surface area contributed by atoms with Crippen LogP contribution >= 0.6 is 0 Å². The molecule has 7 heteroatoms. The predicted octanol–water partition coefficient (Wildman–Crippen LogP) is 5.34. The molecule has 3 aromatic rings. The van der Waals surface area contributed by atoms with Crippen LogP contribution in [0, 0.1) is 19.8 Å². The number of hydrogen-bond donors (Lipinski definition) is 0. The number of benzene rings is 2. The Morgan fingerprint density at radius 1 is 1.05 bits per heavy atom. The normalized spacial score (nSPS) is 15.2. The van der Waals surface area contributed by atoms with Crippen molar-refractivity contribution >= 4 is 16.9 Å². The summed E-state index contributed by atoms with van der Waals surface area (Å²) >= 11 is 0. The number of aryl methyl sites for hydroxylation is 2. The second kappa shape index (κ2) is 11.0. The quantitative estimate of drug-likeness (QED) is 0.370. The van der Waals surface area contributed by atoms with Crippen molar-refractivity contribution in [2.75, 3.05) is 40.9 Å². The van der Waals surface area contributed by atoms with Crippen LogP contribution in [0.15, 0.2) is 39.5 Å². The van der Waals surface area contributed by atoms with Gasteiger partial charge in [-0.1, -0.05) is 19.9 Å². The van der Waals surface area contributed by atoms with Crippen molar-refractivity contribution in [3.05, 3.63) is 68.6 Å². The molecule has 2 aromatic carbocycles. The molecule has 1 unspecified atom stereocenters. The van der Waals surface area contributed by atoms with Crippen molar-refractivity contribution in [1.82, 2.24) is 9.80 Å². The van der Waals surface area contributed by atoms with Crippen LogP contribution in [-0.4, -0.2) is 56.6 Å². The van der Waals surface area contributed by atoms with Crippen molar-refractivity contribution in [3.63, 3.8) is 0 Å². The van der Waals surface area contributed by atoms with Gasteiger partial charge in [-0.3, -0.25) is 9.59 Å². The summed E-state index contributed by atoms with van der Waals surface area (Å²) in [6.07, 6.45) is 1.70. The highest BCUT2D eigenvalue weighted by molar-refractivity contribution is 5.99.